The van der Waals surface area contributed by atoms with E-state index in [0.717, 1.165) is 12.1 Å². The smallest absolute Gasteiger partial charge is 0.262 e. The molecule has 5 nitrogen and oxygen atoms in total. The van der Waals surface area contributed by atoms with E-state index in [0.29, 0.717) is 5.56 Å². The van der Waals surface area contributed by atoms with Gasteiger partial charge in [-0.25, -0.2) is 12.8 Å². The van der Waals surface area contributed by atoms with E-state index in [2.05, 4.69) is 4.72 Å². The van der Waals surface area contributed by atoms with Crippen LogP contribution in [0.4, 0.5) is 10.1 Å². The quantitative estimate of drug-likeness (QED) is 0.597. The number of nitrogens with one attached hydrogen (secondary N) is 2. The topological polar surface area (TPSA) is 96.0 Å². The SMILES string of the molecule is Cc1ccccc1S(=O)(=O)Nc1ccc(F)cc1C(=N)N. The van der Waals surface area contributed by atoms with Crippen LogP contribution in [0.15, 0.2) is 47.4 Å². The molecule has 0 aliphatic rings. The van der Waals surface area contributed by atoms with E-state index in [4.69, 9.17) is 11.1 Å². The van der Waals surface area contributed by atoms with Gasteiger partial charge >= 0.3 is 0 Å². The number of amidine groups is 1. The largest absolute Gasteiger partial charge is 0.384 e. The Morgan fingerprint density at radius 1 is 1.24 bits per heavy atom. The van der Waals surface area contributed by atoms with Crippen LogP contribution in [-0.4, -0.2) is 14.3 Å². The van der Waals surface area contributed by atoms with Crippen LogP contribution in [0.5, 0.6) is 0 Å². The first-order valence-corrected chi connectivity index (χ1v) is 7.52. The highest BCUT2D eigenvalue weighted by atomic mass is 32.2. The summed E-state index contributed by atoms with van der Waals surface area (Å²) < 4.78 is 40.3. The van der Waals surface area contributed by atoms with Gasteiger partial charge in [-0.05, 0) is 36.8 Å². The Balaban J connectivity index is 2.47. The summed E-state index contributed by atoms with van der Waals surface area (Å²) in [6.45, 7) is 1.67. The molecule has 110 valence electrons. The second kappa shape index (κ2) is 5.53. The van der Waals surface area contributed by atoms with Gasteiger partial charge in [-0.2, -0.15) is 0 Å². The van der Waals surface area contributed by atoms with Crippen molar-refractivity contribution < 1.29 is 12.8 Å². The van der Waals surface area contributed by atoms with Gasteiger partial charge in [0, 0.05) is 5.56 Å². The van der Waals surface area contributed by atoms with Crippen molar-refractivity contribution >= 4 is 21.5 Å². The summed E-state index contributed by atoms with van der Waals surface area (Å²) >= 11 is 0. The van der Waals surface area contributed by atoms with E-state index < -0.39 is 21.7 Å². The molecule has 0 amide bonds. The third kappa shape index (κ3) is 3.19. The van der Waals surface area contributed by atoms with Crippen LogP contribution in [0, 0.1) is 18.2 Å². The highest BCUT2D eigenvalue weighted by Gasteiger charge is 2.18. The number of rotatable bonds is 4. The van der Waals surface area contributed by atoms with E-state index in [1.54, 1.807) is 25.1 Å². The zero-order valence-corrected chi connectivity index (χ0v) is 12.0. The van der Waals surface area contributed by atoms with Crippen molar-refractivity contribution in [3.05, 3.63) is 59.4 Å². The van der Waals surface area contributed by atoms with Gasteiger partial charge in [0.2, 0.25) is 0 Å². The Bertz CT molecular complexity index is 804. The molecule has 0 aromatic heterocycles. The average Bonchev–Trinajstić information content (AvgIpc) is 2.40. The third-order valence-electron chi connectivity index (χ3n) is 2.90. The Labute approximate surface area is 122 Å². The van der Waals surface area contributed by atoms with Crippen molar-refractivity contribution in [2.75, 3.05) is 4.72 Å². The number of hydrogen-bond acceptors (Lipinski definition) is 3. The molecule has 2 aromatic carbocycles. The minimum absolute atomic E-state index is 0.00726. The van der Waals surface area contributed by atoms with Crippen molar-refractivity contribution in [3.8, 4) is 0 Å². The second-order valence-corrected chi connectivity index (χ2v) is 6.13. The molecule has 0 saturated heterocycles. The molecule has 0 aliphatic carbocycles. The molecule has 21 heavy (non-hydrogen) atoms. The number of sulfonamides is 1. The lowest BCUT2D eigenvalue weighted by Gasteiger charge is -2.13. The minimum Gasteiger partial charge on any atom is -0.384 e. The normalized spacial score (nSPS) is 11.1. The number of aryl methyl sites for hydroxylation is 1. The van der Waals surface area contributed by atoms with Crippen molar-refractivity contribution in [1.82, 2.24) is 0 Å². The fraction of sp³-hybridized carbons (Fsp3) is 0.0714. The van der Waals surface area contributed by atoms with Crippen LogP contribution in [0.25, 0.3) is 0 Å². The Morgan fingerprint density at radius 2 is 1.90 bits per heavy atom. The van der Waals surface area contributed by atoms with Crippen molar-refractivity contribution in [1.29, 1.82) is 5.41 Å². The third-order valence-corrected chi connectivity index (χ3v) is 4.42. The van der Waals surface area contributed by atoms with Crippen LogP contribution in [0.1, 0.15) is 11.1 Å². The number of nitrogens with two attached hydrogens (primary N) is 1. The molecule has 0 bridgehead atoms. The lowest BCUT2D eigenvalue weighted by molar-refractivity contribution is 0.600. The van der Waals surface area contributed by atoms with Crippen LogP contribution in [0.2, 0.25) is 0 Å². The summed E-state index contributed by atoms with van der Waals surface area (Å²) in [5.74, 6) is -1.02. The first kappa shape index (κ1) is 15.0. The Morgan fingerprint density at radius 3 is 2.52 bits per heavy atom. The van der Waals surface area contributed by atoms with Gasteiger partial charge in [0.1, 0.15) is 11.7 Å². The minimum atomic E-state index is -3.84. The Hall–Kier alpha value is -2.41. The highest BCUT2D eigenvalue weighted by molar-refractivity contribution is 7.92. The summed E-state index contributed by atoms with van der Waals surface area (Å²) in [6, 6.07) is 9.83. The molecule has 0 fully saturated rings. The molecule has 2 aromatic rings. The van der Waals surface area contributed by atoms with E-state index in [1.807, 2.05) is 0 Å². The average molecular weight is 307 g/mol. The van der Waals surface area contributed by atoms with Gasteiger partial charge in [0.05, 0.1) is 10.6 Å². The summed E-state index contributed by atoms with van der Waals surface area (Å²) in [4.78, 5) is 0.115. The lowest BCUT2D eigenvalue weighted by Crippen LogP contribution is -2.19. The number of benzene rings is 2. The molecular formula is C14H14FN3O2S. The van der Waals surface area contributed by atoms with E-state index in [-0.39, 0.29) is 16.1 Å². The lowest BCUT2D eigenvalue weighted by atomic mass is 10.1. The van der Waals surface area contributed by atoms with E-state index in [1.165, 1.54) is 12.1 Å². The molecule has 0 heterocycles. The molecule has 0 unspecified atom stereocenters. The summed E-state index contributed by atoms with van der Waals surface area (Å²) in [7, 11) is -3.84. The summed E-state index contributed by atoms with van der Waals surface area (Å²) in [6.07, 6.45) is 0. The predicted octanol–water partition coefficient (Wildman–Crippen LogP) is 2.22. The van der Waals surface area contributed by atoms with Gasteiger partial charge < -0.3 is 5.73 Å². The van der Waals surface area contributed by atoms with E-state index in [9.17, 15) is 12.8 Å². The molecule has 4 N–H and O–H groups in total. The Kier molecular flexibility index (Phi) is 3.95. The molecule has 0 atom stereocenters. The molecule has 0 saturated carbocycles. The second-order valence-electron chi connectivity index (χ2n) is 4.47. The molecule has 2 rings (SSSR count). The maximum Gasteiger partial charge on any atom is 0.262 e. The number of anilines is 1. The maximum atomic E-state index is 13.2. The van der Waals surface area contributed by atoms with Gasteiger partial charge in [-0.3, -0.25) is 10.1 Å². The van der Waals surface area contributed by atoms with Crippen LogP contribution >= 0.6 is 0 Å². The maximum absolute atomic E-state index is 13.2. The number of halogens is 1. The summed E-state index contributed by atoms with van der Waals surface area (Å²) in [5.41, 5.74) is 5.99. The molecular weight excluding hydrogens is 293 g/mol. The van der Waals surface area contributed by atoms with Gasteiger partial charge in [0.25, 0.3) is 10.0 Å². The van der Waals surface area contributed by atoms with Gasteiger partial charge in [0.15, 0.2) is 0 Å². The van der Waals surface area contributed by atoms with Crippen molar-refractivity contribution in [2.24, 2.45) is 5.73 Å². The fourth-order valence-corrected chi connectivity index (χ4v) is 3.21. The van der Waals surface area contributed by atoms with Gasteiger partial charge in [-0.15, -0.1) is 0 Å². The standard InChI is InChI=1S/C14H14FN3O2S/c1-9-4-2-3-5-13(9)21(19,20)18-12-7-6-10(15)8-11(12)14(16)17/h2-8,18H,1H3,(H3,16,17). The van der Waals surface area contributed by atoms with Gasteiger partial charge in [-0.1, -0.05) is 18.2 Å². The predicted molar refractivity (Wildman–Crippen MR) is 79.4 cm³/mol. The van der Waals surface area contributed by atoms with E-state index >= 15 is 0 Å². The van der Waals surface area contributed by atoms with Crippen LogP contribution < -0.4 is 10.5 Å². The molecule has 0 spiro atoms. The molecule has 0 aliphatic heterocycles. The molecule has 7 heteroatoms. The highest BCUT2D eigenvalue weighted by Crippen LogP contribution is 2.22. The first-order chi connectivity index (χ1) is 9.81. The fourth-order valence-electron chi connectivity index (χ4n) is 1.89. The monoisotopic (exact) mass is 307 g/mol. The zero-order chi connectivity index (χ0) is 15.6. The van der Waals surface area contributed by atoms with Crippen LogP contribution in [0.3, 0.4) is 0 Å². The first-order valence-electron chi connectivity index (χ1n) is 6.03. The summed E-state index contributed by atoms with van der Waals surface area (Å²) in [5, 5.41) is 7.40. The van der Waals surface area contributed by atoms with Crippen molar-refractivity contribution in [3.63, 3.8) is 0 Å². The number of nitrogen functional groups attached to an aromatic ring is 1. The number of hydrogen-bond donors (Lipinski definition) is 3. The van der Waals surface area contributed by atoms with Crippen LogP contribution in [-0.2, 0) is 10.0 Å². The zero-order valence-electron chi connectivity index (χ0n) is 11.2. The molecule has 0 radical (unpaired) electrons. The van der Waals surface area contributed by atoms with Crippen molar-refractivity contribution in [2.45, 2.75) is 11.8 Å².